The number of aliphatic hydroxyl groups is 2. The van der Waals surface area contributed by atoms with Crippen molar-refractivity contribution in [3.05, 3.63) is 36.0 Å². The maximum atomic E-state index is 9.46. The van der Waals surface area contributed by atoms with Crippen molar-refractivity contribution in [1.29, 1.82) is 0 Å². The van der Waals surface area contributed by atoms with E-state index >= 15 is 0 Å². The van der Waals surface area contributed by atoms with Gasteiger partial charge in [-0.15, -0.1) is 0 Å². The number of fused-ring (bicyclic) bond motifs is 1. The van der Waals surface area contributed by atoms with E-state index in [4.69, 9.17) is 5.11 Å². The summed E-state index contributed by atoms with van der Waals surface area (Å²) in [6, 6.07) is 7.70. The summed E-state index contributed by atoms with van der Waals surface area (Å²) in [5.41, 5.74) is 1.82. The van der Waals surface area contributed by atoms with E-state index in [9.17, 15) is 5.11 Å². The van der Waals surface area contributed by atoms with Gasteiger partial charge in [-0.2, -0.15) is 0 Å². The summed E-state index contributed by atoms with van der Waals surface area (Å²) in [5, 5.41) is 19.4. The Morgan fingerprint density at radius 3 is 2.86 bits per heavy atom. The van der Waals surface area contributed by atoms with Crippen molar-refractivity contribution >= 4 is 10.9 Å². The summed E-state index contributed by atoms with van der Waals surface area (Å²) in [7, 11) is 1.96. The third-order valence-corrected chi connectivity index (χ3v) is 2.47. The zero-order valence-electron chi connectivity index (χ0n) is 8.01. The van der Waals surface area contributed by atoms with Crippen molar-refractivity contribution < 1.29 is 10.2 Å². The molecule has 0 fully saturated rings. The van der Waals surface area contributed by atoms with E-state index in [1.807, 2.05) is 42.1 Å². The SMILES string of the molecule is Cn1ccc2ccc([C@@H](O)CO)cc21. The molecule has 0 unspecified atom stereocenters. The summed E-state index contributed by atoms with van der Waals surface area (Å²) in [4.78, 5) is 0. The number of rotatable bonds is 2. The molecule has 3 heteroatoms. The number of aliphatic hydroxyl groups excluding tert-OH is 2. The lowest BCUT2D eigenvalue weighted by atomic mass is 10.1. The third-order valence-electron chi connectivity index (χ3n) is 2.47. The van der Waals surface area contributed by atoms with E-state index in [2.05, 4.69) is 0 Å². The second kappa shape index (κ2) is 3.44. The maximum absolute atomic E-state index is 9.46. The Bertz CT molecular complexity index is 447. The number of hydrogen-bond donors (Lipinski definition) is 2. The van der Waals surface area contributed by atoms with Gasteiger partial charge in [-0.1, -0.05) is 12.1 Å². The summed E-state index contributed by atoms with van der Waals surface area (Å²) < 4.78 is 1.99. The number of nitrogens with zero attached hydrogens (tertiary/aromatic N) is 1. The lowest BCUT2D eigenvalue weighted by Crippen LogP contribution is -2.02. The largest absolute Gasteiger partial charge is 0.393 e. The monoisotopic (exact) mass is 191 g/mol. The van der Waals surface area contributed by atoms with E-state index < -0.39 is 6.10 Å². The lowest BCUT2D eigenvalue weighted by Gasteiger charge is -2.07. The summed E-state index contributed by atoms with van der Waals surface area (Å²) in [5.74, 6) is 0. The van der Waals surface area contributed by atoms with Crippen molar-refractivity contribution in [3.8, 4) is 0 Å². The Hall–Kier alpha value is -1.32. The molecule has 0 bridgehead atoms. The Morgan fingerprint density at radius 2 is 2.14 bits per heavy atom. The fraction of sp³-hybridized carbons (Fsp3) is 0.273. The smallest absolute Gasteiger partial charge is 0.102 e. The van der Waals surface area contributed by atoms with Gasteiger partial charge in [0.1, 0.15) is 6.10 Å². The van der Waals surface area contributed by atoms with Crippen molar-refractivity contribution in [1.82, 2.24) is 4.57 Å². The average Bonchev–Trinajstić information content (AvgIpc) is 2.59. The summed E-state index contributed by atoms with van der Waals surface area (Å²) in [6.45, 7) is -0.240. The Balaban J connectivity index is 2.54. The molecule has 0 amide bonds. The van der Waals surface area contributed by atoms with Gasteiger partial charge in [-0.3, -0.25) is 0 Å². The van der Waals surface area contributed by atoms with Gasteiger partial charge in [0.25, 0.3) is 0 Å². The average molecular weight is 191 g/mol. The number of hydrogen-bond acceptors (Lipinski definition) is 2. The molecule has 0 spiro atoms. The third kappa shape index (κ3) is 1.41. The van der Waals surface area contributed by atoms with E-state index in [1.54, 1.807) is 0 Å². The van der Waals surface area contributed by atoms with Gasteiger partial charge in [0.15, 0.2) is 0 Å². The second-order valence-electron chi connectivity index (χ2n) is 3.44. The second-order valence-corrected chi connectivity index (χ2v) is 3.44. The minimum atomic E-state index is -0.783. The number of benzene rings is 1. The zero-order chi connectivity index (χ0) is 10.1. The highest BCUT2D eigenvalue weighted by atomic mass is 16.3. The fourth-order valence-electron chi connectivity index (χ4n) is 1.59. The summed E-state index contributed by atoms with van der Waals surface area (Å²) in [6.07, 6.45) is 1.19. The minimum absolute atomic E-state index is 0.240. The van der Waals surface area contributed by atoms with E-state index in [0.717, 1.165) is 16.5 Å². The zero-order valence-corrected chi connectivity index (χ0v) is 8.01. The first-order chi connectivity index (χ1) is 6.72. The van der Waals surface area contributed by atoms with Crippen LogP contribution in [0.5, 0.6) is 0 Å². The van der Waals surface area contributed by atoms with Crippen LogP contribution in [0, 0.1) is 0 Å². The molecule has 2 rings (SSSR count). The molecule has 1 atom stereocenters. The molecule has 0 aliphatic carbocycles. The lowest BCUT2D eigenvalue weighted by molar-refractivity contribution is 0.0957. The molecule has 0 radical (unpaired) electrons. The van der Waals surface area contributed by atoms with E-state index in [0.29, 0.717) is 0 Å². The molecule has 2 N–H and O–H groups in total. The van der Waals surface area contributed by atoms with E-state index in [1.165, 1.54) is 0 Å². The van der Waals surface area contributed by atoms with Crippen LogP contribution in [0.3, 0.4) is 0 Å². The molecule has 0 saturated heterocycles. The molecule has 0 aliphatic heterocycles. The van der Waals surface area contributed by atoms with Crippen LogP contribution in [-0.2, 0) is 7.05 Å². The molecule has 74 valence electrons. The van der Waals surface area contributed by atoms with Crippen LogP contribution in [-0.4, -0.2) is 21.4 Å². The van der Waals surface area contributed by atoms with Crippen LogP contribution in [0.2, 0.25) is 0 Å². The van der Waals surface area contributed by atoms with Crippen LogP contribution in [0.1, 0.15) is 11.7 Å². The molecular weight excluding hydrogens is 178 g/mol. The predicted octanol–water partition coefficient (Wildman–Crippen LogP) is 1.20. The summed E-state index contributed by atoms with van der Waals surface area (Å²) >= 11 is 0. The Kier molecular flexibility index (Phi) is 2.27. The Labute approximate surface area is 82.2 Å². The topological polar surface area (TPSA) is 45.4 Å². The van der Waals surface area contributed by atoms with Gasteiger partial charge in [0.2, 0.25) is 0 Å². The van der Waals surface area contributed by atoms with Gasteiger partial charge in [0.05, 0.1) is 6.61 Å². The molecule has 3 nitrogen and oxygen atoms in total. The standard InChI is InChI=1S/C11H13NO2/c1-12-5-4-8-2-3-9(6-10(8)12)11(14)7-13/h2-6,11,13-14H,7H2,1H3/t11-/m0/s1. The van der Waals surface area contributed by atoms with Gasteiger partial charge < -0.3 is 14.8 Å². The molecular formula is C11H13NO2. The fourth-order valence-corrected chi connectivity index (χ4v) is 1.59. The maximum Gasteiger partial charge on any atom is 0.102 e. The van der Waals surface area contributed by atoms with Crippen LogP contribution in [0.4, 0.5) is 0 Å². The highest BCUT2D eigenvalue weighted by molar-refractivity contribution is 5.80. The minimum Gasteiger partial charge on any atom is -0.393 e. The van der Waals surface area contributed by atoms with Crippen molar-refractivity contribution in [3.63, 3.8) is 0 Å². The number of aromatic nitrogens is 1. The van der Waals surface area contributed by atoms with E-state index in [-0.39, 0.29) is 6.61 Å². The molecule has 14 heavy (non-hydrogen) atoms. The quantitative estimate of drug-likeness (QED) is 0.749. The van der Waals surface area contributed by atoms with Crippen molar-refractivity contribution in [2.45, 2.75) is 6.10 Å². The first-order valence-corrected chi connectivity index (χ1v) is 4.56. The predicted molar refractivity (Wildman–Crippen MR) is 55.0 cm³/mol. The van der Waals surface area contributed by atoms with Gasteiger partial charge in [0, 0.05) is 18.8 Å². The normalized spacial score (nSPS) is 13.4. The first-order valence-electron chi connectivity index (χ1n) is 4.56. The molecule has 2 aromatic rings. The Morgan fingerprint density at radius 1 is 1.36 bits per heavy atom. The van der Waals surface area contributed by atoms with Crippen molar-refractivity contribution in [2.75, 3.05) is 6.61 Å². The van der Waals surface area contributed by atoms with Gasteiger partial charge >= 0.3 is 0 Å². The van der Waals surface area contributed by atoms with Crippen LogP contribution in [0.25, 0.3) is 10.9 Å². The van der Waals surface area contributed by atoms with Crippen LogP contribution >= 0.6 is 0 Å². The molecule has 1 aromatic carbocycles. The molecule has 1 aromatic heterocycles. The van der Waals surface area contributed by atoms with Gasteiger partial charge in [-0.25, -0.2) is 0 Å². The highest BCUT2D eigenvalue weighted by Gasteiger charge is 2.07. The first kappa shape index (κ1) is 9.24. The molecule has 0 aliphatic rings. The van der Waals surface area contributed by atoms with Crippen molar-refractivity contribution in [2.24, 2.45) is 7.05 Å². The van der Waals surface area contributed by atoms with Gasteiger partial charge in [-0.05, 0) is 23.1 Å². The highest BCUT2D eigenvalue weighted by Crippen LogP contribution is 2.20. The molecule has 0 saturated carbocycles. The van der Waals surface area contributed by atoms with Crippen LogP contribution in [0.15, 0.2) is 30.5 Å². The molecule has 1 heterocycles. The number of aryl methyl sites for hydroxylation is 1. The van der Waals surface area contributed by atoms with Crippen LogP contribution < -0.4 is 0 Å².